The van der Waals surface area contributed by atoms with Crippen molar-refractivity contribution in [1.29, 1.82) is 0 Å². The third-order valence-corrected chi connectivity index (χ3v) is 3.85. The molecular formula is C18H21NO. The first-order chi connectivity index (χ1) is 9.85. The summed E-state index contributed by atoms with van der Waals surface area (Å²) in [4.78, 5) is 0. The molecule has 1 N–H and O–H groups in total. The lowest BCUT2D eigenvalue weighted by molar-refractivity contribution is 0.414. The third kappa shape index (κ3) is 3.40. The zero-order valence-corrected chi connectivity index (χ0v) is 11.9. The highest BCUT2D eigenvalue weighted by Crippen LogP contribution is 2.39. The zero-order valence-electron chi connectivity index (χ0n) is 11.9. The second-order valence-corrected chi connectivity index (χ2v) is 5.47. The Hall–Kier alpha value is -1.80. The van der Waals surface area contributed by atoms with E-state index in [1.807, 2.05) is 12.1 Å². The Kier molecular flexibility index (Phi) is 4.03. The molecule has 1 aliphatic rings. The second kappa shape index (κ2) is 6.10. The number of hydrogen-bond donors (Lipinski definition) is 1. The fourth-order valence-electron chi connectivity index (χ4n) is 2.42. The highest BCUT2D eigenvalue weighted by molar-refractivity contribution is 5.29. The third-order valence-electron chi connectivity index (χ3n) is 3.85. The molecule has 104 valence electrons. The summed E-state index contributed by atoms with van der Waals surface area (Å²) < 4.78 is 5.16. The van der Waals surface area contributed by atoms with Gasteiger partial charge in [0.25, 0.3) is 0 Å². The van der Waals surface area contributed by atoms with Crippen molar-refractivity contribution >= 4 is 0 Å². The summed E-state index contributed by atoms with van der Waals surface area (Å²) in [7, 11) is 1.69. The Morgan fingerprint density at radius 3 is 1.95 bits per heavy atom. The minimum atomic E-state index is 0.844. The van der Waals surface area contributed by atoms with E-state index in [-0.39, 0.29) is 0 Å². The number of benzene rings is 2. The van der Waals surface area contributed by atoms with Gasteiger partial charge in [0.2, 0.25) is 0 Å². The van der Waals surface area contributed by atoms with E-state index in [9.17, 15) is 0 Å². The van der Waals surface area contributed by atoms with Crippen molar-refractivity contribution in [3.8, 4) is 5.75 Å². The van der Waals surface area contributed by atoms with Crippen LogP contribution in [0.1, 0.15) is 35.4 Å². The van der Waals surface area contributed by atoms with E-state index in [4.69, 9.17) is 4.74 Å². The molecule has 0 spiro atoms. The molecule has 0 radical (unpaired) electrons. The van der Waals surface area contributed by atoms with Crippen LogP contribution in [0.4, 0.5) is 0 Å². The van der Waals surface area contributed by atoms with E-state index >= 15 is 0 Å². The first kappa shape index (κ1) is 13.2. The number of methoxy groups -OCH3 is 1. The molecule has 2 heteroatoms. The second-order valence-electron chi connectivity index (χ2n) is 5.47. The van der Waals surface area contributed by atoms with Crippen LogP contribution in [0.5, 0.6) is 5.75 Å². The molecule has 0 bridgehead atoms. The molecule has 1 aliphatic carbocycles. The van der Waals surface area contributed by atoms with Gasteiger partial charge in [0, 0.05) is 13.1 Å². The minimum absolute atomic E-state index is 0.844. The lowest BCUT2D eigenvalue weighted by Gasteiger charge is -2.07. The largest absolute Gasteiger partial charge is 0.497 e. The molecule has 20 heavy (non-hydrogen) atoms. The number of rotatable bonds is 6. The van der Waals surface area contributed by atoms with Crippen LogP contribution in [0, 0.1) is 0 Å². The van der Waals surface area contributed by atoms with Crippen molar-refractivity contribution in [3.05, 3.63) is 65.2 Å². The molecule has 2 nitrogen and oxygen atoms in total. The van der Waals surface area contributed by atoms with E-state index in [0.29, 0.717) is 0 Å². The Balaban J connectivity index is 1.48. The summed E-state index contributed by atoms with van der Waals surface area (Å²) in [5.41, 5.74) is 4.13. The smallest absolute Gasteiger partial charge is 0.118 e. The molecule has 1 saturated carbocycles. The van der Waals surface area contributed by atoms with Crippen molar-refractivity contribution in [2.45, 2.75) is 31.8 Å². The van der Waals surface area contributed by atoms with Gasteiger partial charge in [-0.2, -0.15) is 0 Å². The minimum Gasteiger partial charge on any atom is -0.497 e. The first-order valence-corrected chi connectivity index (χ1v) is 7.27. The summed E-state index contributed by atoms with van der Waals surface area (Å²) in [5.74, 6) is 1.75. The van der Waals surface area contributed by atoms with Gasteiger partial charge in [0.1, 0.15) is 5.75 Å². The summed E-state index contributed by atoms with van der Waals surface area (Å²) in [6.45, 7) is 1.80. The van der Waals surface area contributed by atoms with Crippen LogP contribution in [0.3, 0.4) is 0 Å². The van der Waals surface area contributed by atoms with Crippen LogP contribution in [0.25, 0.3) is 0 Å². The summed E-state index contributed by atoms with van der Waals surface area (Å²) in [5, 5.41) is 3.48. The molecule has 0 aliphatic heterocycles. The predicted octanol–water partition coefficient (Wildman–Crippen LogP) is 3.86. The number of hydrogen-bond acceptors (Lipinski definition) is 2. The van der Waals surface area contributed by atoms with E-state index in [0.717, 1.165) is 24.8 Å². The van der Waals surface area contributed by atoms with Gasteiger partial charge in [-0.15, -0.1) is 0 Å². The quantitative estimate of drug-likeness (QED) is 0.858. The van der Waals surface area contributed by atoms with E-state index in [2.05, 4.69) is 41.7 Å². The van der Waals surface area contributed by atoms with E-state index in [1.54, 1.807) is 7.11 Å². The number of ether oxygens (including phenoxy) is 1. The Morgan fingerprint density at radius 2 is 1.45 bits per heavy atom. The summed E-state index contributed by atoms with van der Waals surface area (Å²) >= 11 is 0. The van der Waals surface area contributed by atoms with Gasteiger partial charge in [-0.05, 0) is 47.6 Å². The summed E-state index contributed by atoms with van der Waals surface area (Å²) in [6.07, 6.45) is 2.74. The fraction of sp³-hybridized carbons (Fsp3) is 0.333. The van der Waals surface area contributed by atoms with Crippen LogP contribution in [0.2, 0.25) is 0 Å². The molecule has 2 aromatic carbocycles. The fourth-order valence-corrected chi connectivity index (χ4v) is 2.42. The van der Waals surface area contributed by atoms with Crippen LogP contribution < -0.4 is 10.1 Å². The molecule has 2 aromatic rings. The van der Waals surface area contributed by atoms with Gasteiger partial charge in [-0.3, -0.25) is 0 Å². The van der Waals surface area contributed by atoms with Gasteiger partial charge >= 0.3 is 0 Å². The highest BCUT2D eigenvalue weighted by Gasteiger charge is 2.22. The topological polar surface area (TPSA) is 21.3 Å². The SMILES string of the molecule is COc1ccc(CNCc2ccc(C3CC3)cc2)cc1. The normalized spacial score (nSPS) is 14.2. The average Bonchev–Trinajstić information content (AvgIpc) is 3.33. The average molecular weight is 267 g/mol. The Labute approximate surface area is 120 Å². The summed E-state index contributed by atoms with van der Waals surface area (Å²) in [6, 6.07) is 17.3. The highest BCUT2D eigenvalue weighted by atomic mass is 16.5. The molecular weight excluding hydrogens is 246 g/mol. The number of nitrogens with one attached hydrogen (secondary N) is 1. The molecule has 1 fully saturated rings. The van der Waals surface area contributed by atoms with Gasteiger partial charge in [-0.1, -0.05) is 36.4 Å². The molecule has 0 aromatic heterocycles. The van der Waals surface area contributed by atoms with E-state index in [1.165, 1.54) is 29.5 Å². The first-order valence-electron chi connectivity index (χ1n) is 7.27. The lowest BCUT2D eigenvalue weighted by Crippen LogP contribution is -2.12. The maximum absolute atomic E-state index is 5.16. The molecule has 0 unspecified atom stereocenters. The predicted molar refractivity (Wildman–Crippen MR) is 82.0 cm³/mol. The van der Waals surface area contributed by atoms with Gasteiger partial charge < -0.3 is 10.1 Å². The molecule has 0 atom stereocenters. The molecule has 0 saturated heterocycles. The van der Waals surface area contributed by atoms with E-state index < -0.39 is 0 Å². The Morgan fingerprint density at radius 1 is 0.900 bits per heavy atom. The van der Waals surface area contributed by atoms with Crippen LogP contribution in [0.15, 0.2) is 48.5 Å². The molecule has 0 amide bonds. The lowest BCUT2D eigenvalue weighted by atomic mass is 10.1. The van der Waals surface area contributed by atoms with Gasteiger partial charge in [-0.25, -0.2) is 0 Å². The maximum atomic E-state index is 5.16. The van der Waals surface area contributed by atoms with Crippen molar-refractivity contribution in [3.63, 3.8) is 0 Å². The monoisotopic (exact) mass is 267 g/mol. The van der Waals surface area contributed by atoms with Crippen LogP contribution in [-0.2, 0) is 13.1 Å². The van der Waals surface area contributed by atoms with Crippen LogP contribution in [-0.4, -0.2) is 7.11 Å². The van der Waals surface area contributed by atoms with Crippen molar-refractivity contribution in [2.75, 3.05) is 7.11 Å². The molecule has 3 rings (SSSR count). The van der Waals surface area contributed by atoms with Crippen molar-refractivity contribution in [1.82, 2.24) is 5.32 Å². The van der Waals surface area contributed by atoms with Crippen LogP contribution >= 0.6 is 0 Å². The zero-order chi connectivity index (χ0) is 13.8. The van der Waals surface area contributed by atoms with Crippen molar-refractivity contribution < 1.29 is 4.74 Å². The Bertz CT molecular complexity index is 541. The molecule has 0 heterocycles. The standard InChI is InChI=1S/C18H21NO/c1-20-18-10-4-15(5-11-18)13-19-12-14-2-6-16(7-3-14)17-8-9-17/h2-7,10-11,17,19H,8-9,12-13H2,1H3. The maximum Gasteiger partial charge on any atom is 0.118 e. The van der Waals surface area contributed by atoms with Crippen molar-refractivity contribution in [2.24, 2.45) is 0 Å². The van der Waals surface area contributed by atoms with Gasteiger partial charge in [0.05, 0.1) is 7.11 Å². The van der Waals surface area contributed by atoms with Gasteiger partial charge in [0.15, 0.2) is 0 Å².